The van der Waals surface area contributed by atoms with Crippen LogP contribution in [0.15, 0.2) is 21.5 Å². The predicted octanol–water partition coefficient (Wildman–Crippen LogP) is 1.52. The highest BCUT2D eigenvalue weighted by Crippen LogP contribution is 2.30. The summed E-state index contributed by atoms with van der Waals surface area (Å²) in [6.07, 6.45) is -0.283. The lowest BCUT2D eigenvalue weighted by Crippen LogP contribution is -2.26. The number of hydrogen-bond acceptors (Lipinski definition) is 4. The number of aliphatic carboxylic acids is 1. The monoisotopic (exact) mass is 351 g/mol. The van der Waals surface area contributed by atoms with E-state index >= 15 is 0 Å². The quantitative estimate of drug-likeness (QED) is 0.810. The van der Waals surface area contributed by atoms with Gasteiger partial charge in [-0.1, -0.05) is 15.9 Å². The molecule has 0 fully saturated rings. The Morgan fingerprint density at radius 3 is 2.63 bits per heavy atom. The van der Waals surface area contributed by atoms with Crippen LogP contribution < -0.4 is 9.46 Å². The molecule has 0 saturated heterocycles. The van der Waals surface area contributed by atoms with Gasteiger partial charge in [-0.15, -0.1) is 0 Å². The molecule has 1 aromatic carbocycles. The number of carbonyl (C=O) groups is 1. The largest absolute Gasteiger partial charge is 0.495 e. The molecule has 0 bridgehead atoms. The number of ether oxygens (including phenoxy) is 1. The van der Waals surface area contributed by atoms with Crippen LogP contribution in [0.25, 0.3) is 0 Å². The Labute approximate surface area is 120 Å². The van der Waals surface area contributed by atoms with Crippen molar-refractivity contribution in [3.63, 3.8) is 0 Å². The van der Waals surface area contributed by atoms with Gasteiger partial charge in [0.05, 0.1) is 13.5 Å². The van der Waals surface area contributed by atoms with Gasteiger partial charge in [0, 0.05) is 11.0 Å². The Hall–Kier alpha value is -1.12. The Kier molecular flexibility index (Phi) is 5.33. The fraction of sp³-hybridized carbons (Fsp3) is 0.364. The molecule has 106 valence electrons. The molecule has 0 amide bonds. The summed E-state index contributed by atoms with van der Waals surface area (Å²) < 4.78 is 32.0. The van der Waals surface area contributed by atoms with Crippen LogP contribution in [0, 0.1) is 6.92 Å². The van der Waals surface area contributed by atoms with Crippen molar-refractivity contribution in [2.24, 2.45) is 0 Å². The van der Waals surface area contributed by atoms with Crippen molar-refractivity contribution in [3.8, 4) is 5.75 Å². The second-order valence-corrected chi connectivity index (χ2v) is 6.38. The van der Waals surface area contributed by atoms with Gasteiger partial charge < -0.3 is 9.84 Å². The number of benzene rings is 1. The van der Waals surface area contributed by atoms with Crippen molar-refractivity contribution in [1.82, 2.24) is 4.72 Å². The summed E-state index contributed by atoms with van der Waals surface area (Å²) in [4.78, 5) is 10.3. The molecule has 1 aromatic rings. The average molecular weight is 352 g/mol. The summed E-state index contributed by atoms with van der Waals surface area (Å²) in [5.41, 5.74) is 0.835. The molecular formula is C11H14BrNO5S. The highest BCUT2D eigenvalue weighted by atomic mass is 79.9. The first kappa shape index (κ1) is 15.9. The van der Waals surface area contributed by atoms with Crippen molar-refractivity contribution in [1.29, 1.82) is 0 Å². The Morgan fingerprint density at radius 2 is 2.11 bits per heavy atom. The molecule has 6 nitrogen and oxygen atoms in total. The third kappa shape index (κ3) is 4.19. The van der Waals surface area contributed by atoms with Crippen LogP contribution in [0.3, 0.4) is 0 Å². The van der Waals surface area contributed by atoms with Crippen molar-refractivity contribution in [2.75, 3.05) is 13.7 Å². The van der Waals surface area contributed by atoms with Crippen LogP contribution in [0.2, 0.25) is 0 Å². The molecule has 0 aliphatic rings. The van der Waals surface area contributed by atoms with Crippen molar-refractivity contribution in [3.05, 3.63) is 22.2 Å². The topological polar surface area (TPSA) is 92.7 Å². The zero-order valence-electron chi connectivity index (χ0n) is 10.4. The van der Waals surface area contributed by atoms with Crippen molar-refractivity contribution in [2.45, 2.75) is 18.2 Å². The van der Waals surface area contributed by atoms with E-state index < -0.39 is 16.0 Å². The number of nitrogens with one attached hydrogen (secondary N) is 1. The Morgan fingerprint density at radius 1 is 1.47 bits per heavy atom. The summed E-state index contributed by atoms with van der Waals surface area (Å²) >= 11 is 3.25. The van der Waals surface area contributed by atoms with Crippen LogP contribution >= 0.6 is 15.9 Å². The molecule has 8 heteroatoms. The van der Waals surface area contributed by atoms with E-state index in [4.69, 9.17) is 9.84 Å². The van der Waals surface area contributed by atoms with Gasteiger partial charge in [-0.3, -0.25) is 4.79 Å². The minimum atomic E-state index is -3.81. The van der Waals surface area contributed by atoms with Crippen LogP contribution in [-0.2, 0) is 14.8 Å². The fourth-order valence-corrected chi connectivity index (χ4v) is 3.08. The number of halogens is 1. The smallest absolute Gasteiger partial charge is 0.304 e. The summed E-state index contributed by atoms with van der Waals surface area (Å²) in [6, 6.07) is 3.02. The Balaban J connectivity index is 3.06. The number of hydrogen-bond donors (Lipinski definition) is 2. The molecule has 0 aliphatic carbocycles. The normalized spacial score (nSPS) is 11.3. The van der Waals surface area contributed by atoms with E-state index in [0.717, 1.165) is 5.56 Å². The van der Waals surface area contributed by atoms with E-state index in [1.807, 2.05) is 0 Å². The maximum Gasteiger partial charge on any atom is 0.304 e. The van der Waals surface area contributed by atoms with Gasteiger partial charge in [-0.2, -0.15) is 0 Å². The number of carboxylic acid groups (broad SMARTS) is 1. The molecule has 2 N–H and O–H groups in total. The molecule has 0 aromatic heterocycles. The third-order valence-corrected chi connectivity index (χ3v) is 4.70. The summed E-state index contributed by atoms with van der Waals surface area (Å²) in [5, 5.41) is 8.50. The summed E-state index contributed by atoms with van der Waals surface area (Å²) in [5.74, 6) is -0.858. The van der Waals surface area contributed by atoms with Crippen molar-refractivity contribution >= 4 is 31.9 Å². The number of methoxy groups -OCH3 is 1. The molecule has 1 rings (SSSR count). The molecule has 0 unspecified atom stereocenters. The highest BCUT2D eigenvalue weighted by Gasteiger charge is 2.20. The van der Waals surface area contributed by atoms with E-state index in [2.05, 4.69) is 20.7 Å². The zero-order chi connectivity index (χ0) is 14.6. The van der Waals surface area contributed by atoms with Gasteiger partial charge in [0.1, 0.15) is 10.6 Å². The summed E-state index contributed by atoms with van der Waals surface area (Å²) in [7, 11) is -2.43. The lowest BCUT2D eigenvalue weighted by Gasteiger charge is -2.12. The molecule has 0 aliphatic heterocycles. The van der Waals surface area contributed by atoms with E-state index in [-0.39, 0.29) is 23.6 Å². The van der Waals surface area contributed by atoms with Crippen LogP contribution in [0.5, 0.6) is 5.75 Å². The van der Waals surface area contributed by atoms with Crippen LogP contribution in [0.4, 0.5) is 0 Å². The zero-order valence-corrected chi connectivity index (χ0v) is 12.8. The molecule has 0 saturated carbocycles. The minimum Gasteiger partial charge on any atom is -0.495 e. The maximum absolute atomic E-state index is 12.1. The number of carboxylic acids is 1. The second-order valence-electron chi connectivity index (χ2n) is 3.79. The minimum absolute atomic E-state index is 0.0298. The lowest BCUT2D eigenvalue weighted by molar-refractivity contribution is -0.136. The molecule has 19 heavy (non-hydrogen) atoms. The Bertz CT molecular complexity index is 585. The third-order valence-electron chi connectivity index (χ3n) is 2.37. The molecule has 0 spiro atoms. The fourth-order valence-electron chi connectivity index (χ4n) is 1.38. The van der Waals surface area contributed by atoms with Gasteiger partial charge in [0.25, 0.3) is 0 Å². The average Bonchev–Trinajstić information content (AvgIpc) is 2.31. The van der Waals surface area contributed by atoms with Gasteiger partial charge in [-0.25, -0.2) is 13.1 Å². The standard InChI is InChI=1S/C11H14BrNO5S/c1-7-5-9(18-2)10(6-8(7)12)19(16,17)13-4-3-11(14)15/h5-6,13H,3-4H2,1-2H3,(H,14,15). The van der Waals surface area contributed by atoms with Crippen LogP contribution in [-0.4, -0.2) is 33.1 Å². The first-order chi connectivity index (χ1) is 8.77. The second kappa shape index (κ2) is 6.36. The van der Waals surface area contributed by atoms with Gasteiger partial charge in [0.15, 0.2) is 0 Å². The van der Waals surface area contributed by atoms with Gasteiger partial charge >= 0.3 is 5.97 Å². The molecule has 0 atom stereocenters. The maximum atomic E-state index is 12.1. The SMILES string of the molecule is COc1cc(C)c(Br)cc1S(=O)(=O)NCCC(=O)O. The van der Waals surface area contributed by atoms with Gasteiger partial charge in [0.2, 0.25) is 10.0 Å². The molecular weight excluding hydrogens is 338 g/mol. The lowest BCUT2D eigenvalue weighted by atomic mass is 10.2. The molecule has 0 heterocycles. The molecule has 0 radical (unpaired) electrons. The van der Waals surface area contributed by atoms with E-state index in [9.17, 15) is 13.2 Å². The predicted molar refractivity (Wildman–Crippen MR) is 72.9 cm³/mol. The van der Waals surface area contributed by atoms with Crippen LogP contribution in [0.1, 0.15) is 12.0 Å². The first-order valence-electron chi connectivity index (χ1n) is 5.33. The van der Waals surface area contributed by atoms with E-state index in [0.29, 0.717) is 4.47 Å². The number of rotatable bonds is 6. The first-order valence-corrected chi connectivity index (χ1v) is 7.61. The number of aryl methyl sites for hydroxylation is 1. The summed E-state index contributed by atoms with van der Waals surface area (Å²) in [6.45, 7) is 1.63. The number of sulfonamides is 1. The van der Waals surface area contributed by atoms with E-state index in [1.165, 1.54) is 13.2 Å². The van der Waals surface area contributed by atoms with Crippen molar-refractivity contribution < 1.29 is 23.1 Å². The van der Waals surface area contributed by atoms with Gasteiger partial charge in [-0.05, 0) is 24.6 Å². The van der Waals surface area contributed by atoms with E-state index in [1.54, 1.807) is 13.0 Å². The highest BCUT2D eigenvalue weighted by molar-refractivity contribution is 9.10.